The first-order valence-electron chi connectivity index (χ1n) is 9.69. The lowest BCUT2D eigenvalue weighted by Crippen LogP contribution is -2.48. The van der Waals surface area contributed by atoms with Crippen molar-refractivity contribution in [1.29, 1.82) is 0 Å². The van der Waals surface area contributed by atoms with Gasteiger partial charge in [0.15, 0.2) is 0 Å². The molecule has 0 saturated carbocycles. The number of aryl methyl sites for hydroxylation is 1. The SMILES string of the molecule is Cc1cccc(C(CC(=O)N[C@@H](CC(C)C)B(O)O)NC(=O)c2cccnc2)c1. The van der Waals surface area contributed by atoms with Gasteiger partial charge in [0.1, 0.15) is 0 Å². The Balaban J connectivity index is 2.16. The highest BCUT2D eigenvalue weighted by Gasteiger charge is 2.28. The standard InChI is InChI=1S/C21H28BN3O4/c1-14(2)10-19(22(28)29)25-20(26)12-18(16-7-4-6-15(3)11-16)24-21(27)17-8-5-9-23-13-17/h4-9,11,13-14,18-19,28-29H,10,12H2,1-3H3,(H,24,27)(H,25,26)/t18?,19-/m0/s1. The highest BCUT2D eigenvalue weighted by Crippen LogP contribution is 2.19. The molecule has 0 fully saturated rings. The first-order chi connectivity index (χ1) is 13.8. The van der Waals surface area contributed by atoms with Crippen LogP contribution < -0.4 is 10.6 Å². The number of hydrogen-bond acceptors (Lipinski definition) is 5. The lowest BCUT2D eigenvalue weighted by molar-refractivity contribution is -0.122. The molecule has 4 N–H and O–H groups in total. The smallest absolute Gasteiger partial charge is 0.426 e. The van der Waals surface area contributed by atoms with E-state index in [-0.39, 0.29) is 24.2 Å². The fourth-order valence-corrected chi connectivity index (χ4v) is 3.09. The van der Waals surface area contributed by atoms with E-state index in [1.54, 1.807) is 18.3 Å². The summed E-state index contributed by atoms with van der Waals surface area (Å²) in [7, 11) is -1.65. The van der Waals surface area contributed by atoms with E-state index in [1.165, 1.54) is 6.20 Å². The van der Waals surface area contributed by atoms with Crippen molar-refractivity contribution in [2.75, 3.05) is 0 Å². The Morgan fingerprint density at radius 3 is 2.48 bits per heavy atom. The Morgan fingerprint density at radius 1 is 1.14 bits per heavy atom. The molecule has 1 heterocycles. The van der Waals surface area contributed by atoms with E-state index in [0.717, 1.165) is 11.1 Å². The van der Waals surface area contributed by atoms with Crippen molar-refractivity contribution >= 4 is 18.9 Å². The van der Waals surface area contributed by atoms with Crippen LogP contribution in [-0.4, -0.2) is 39.9 Å². The molecule has 1 unspecified atom stereocenters. The Morgan fingerprint density at radius 2 is 1.90 bits per heavy atom. The molecule has 0 saturated heterocycles. The summed E-state index contributed by atoms with van der Waals surface area (Å²) < 4.78 is 0. The molecule has 2 atom stereocenters. The van der Waals surface area contributed by atoms with Crippen molar-refractivity contribution in [3.8, 4) is 0 Å². The molecule has 0 aliphatic heterocycles. The summed E-state index contributed by atoms with van der Waals surface area (Å²) in [4.78, 5) is 29.2. The largest absolute Gasteiger partial charge is 0.475 e. The Labute approximate surface area is 171 Å². The number of amides is 2. The first-order valence-corrected chi connectivity index (χ1v) is 9.69. The molecule has 1 aromatic carbocycles. The van der Waals surface area contributed by atoms with Crippen molar-refractivity contribution in [1.82, 2.24) is 15.6 Å². The number of rotatable bonds is 9. The van der Waals surface area contributed by atoms with Crippen LogP contribution in [0.25, 0.3) is 0 Å². The predicted octanol–water partition coefficient (Wildman–Crippen LogP) is 1.79. The summed E-state index contributed by atoms with van der Waals surface area (Å²) >= 11 is 0. The van der Waals surface area contributed by atoms with E-state index < -0.39 is 19.1 Å². The Bertz CT molecular complexity index is 815. The maximum absolute atomic E-state index is 12.6. The van der Waals surface area contributed by atoms with Gasteiger partial charge in [-0.1, -0.05) is 43.7 Å². The molecule has 154 valence electrons. The molecule has 2 amide bonds. The lowest BCUT2D eigenvalue weighted by atomic mass is 9.75. The molecule has 2 aromatic rings. The van der Waals surface area contributed by atoms with Gasteiger partial charge in [0.2, 0.25) is 5.91 Å². The number of nitrogens with one attached hydrogen (secondary N) is 2. The van der Waals surface area contributed by atoms with E-state index in [9.17, 15) is 19.6 Å². The quantitative estimate of drug-likeness (QED) is 0.482. The van der Waals surface area contributed by atoms with Crippen LogP contribution in [0.2, 0.25) is 0 Å². The summed E-state index contributed by atoms with van der Waals surface area (Å²) in [6.07, 6.45) is 3.44. The van der Waals surface area contributed by atoms with Gasteiger partial charge in [0.05, 0.1) is 24.0 Å². The monoisotopic (exact) mass is 397 g/mol. The molecule has 1 aromatic heterocycles. The minimum atomic E-state index is -1.65. The predicted molar refractivity (Wildman–Crippen MR) is 112 cm³/mol. The number of aromatic nitrogens is 1. The van der Waals surface area contributed by atoms with Crippen LogP contribution in [0.1, 0.15) is 54.2 Å². The van der Waals surface area contributed by atoms with Crippen LogP contribution >= 0.6 is 0 Å². The van der Waals surface area contributed by atoms with E-state index in [0.29, 0.717) is 12.0 Å². The first kappa shape index (κ1) is 22.6. The molecule has 7 nitrogen and oxygen atoms in total. The van der Waals surface area contributed by atoms with E-state index in [4.69, 9.17) is 0 Å². The molecule has 29 heavy (non-hydrogen) atoms. The van der Waals surface area contributed by atoms with Crippen LogP contribution in [0.3, 0.4) is 0 Å². The zero-order valence-electron chi connectivity index (χ0n) is 17.0. The topological polar surface area (TPSA) is 112 Å². The number of nitrogens with zero attached hydrogens (tertiary/aromatic N) is 1. The van der Waals surface area contributed by atoms with Crippen molar-refractivity contribution in [2.24, 2.45) is 5.92 Å². The third kappa shape index (κ3) is 7.32. The minimum Gasteiger partial charge on any atom is -0.426 e. The Kier molecular flexibility index (Phi) is 8.36. The molecule has 2 rings (SSSR count). The highest BCUT2D eigenvalue weighted by atomic mass is 16.4. The van der Waals surface area contributed by atoms with Crippen LogP contribution in [0, 0.1) is 12.8 Å². The number of carbonyl (C=O) groups is 2. The zero-order valence-corrected chi connectivity index (χ0v) is 17.0. The van der Waals surface area contributed by atoms with Gasteiger partial charge in [-0.05, 0) is 37.0 Å². The lowest BCUT2D eigenvalue weighted by Gasteiger charge is -2.23. The van der Waals surface area contributed by atoms with Gasteiger partial charge in [-0.15, -0.1) is 0 Å². The molecule has 0 bridgehead atoms. The zero-order chi connectivity index (χ0) is 21.4. The number of carbonyl (C=O) groups excluding carboxylic acids is 2. The maximum Gasteiger partial charge on any atom is 0.475 e. The van der Waals surface area contributed by atoms with Gasteiger partial charge in [0.25, 0.3) is 5.91 Å². The summed E-state index contributed by atoms with van der Waals surface area (Å²) in [5, 5.41) is 24.7. The second kappa shape index (κ2) is 10.7. The maximum atomic E-state index is 12.6. The van der Waals surface area contributed by atoms with E-state index >= 15 is 0 Å². The van der Waals surface area contributed by atoms with Crippen molar-refractivity contribution in [3.63, 3.8) is 0 Å². The summed E-state index contributed by atoms with van der Waals surface area (Å²) in [5.41, 5.74) is 2.20. The fraction of sp³-hybridized carbons (Fsp3) is 0.381. The average Bonchev–Trinajstić information content (AvgIpc) is 2.67. The van der Waals surface area contributed by atoms with E-state index in [1.807, 2.05) is 45.0 Å². The Hall–Kier alpha value is -2.71. The molecule has 0 radical (unpaired) electrons. The summed E-state index contributed by atoms with van der Waals surface area (Å²) in [5.74, 6) is -1.30. The minimum absolute atomic E-state index is 0.0310. The van der Waals surface area contributed by atoms with Gasteiger partial charge in [-0.3, -0.25) is 14.6 Å². The van der Waals surface area contributed by atoms with Crippen molar-refractivity contribution in [2.45, 2.75) is 45.6 Å². The van der Waals surface area contributed by atoms with Crippen LogP contribution in [-0.2, 0) is 4.79 Å². The molecule has 0 aliphatic carbocycles. The number of hydrogen-bond donors (Lipinski definition) is 4. The second-order valence-corrected chi connectivity index (χ2v) is 7.60. The second-order valence-electron chi connectivity index (χ2n) is 7.60. The van der Waals surface area contributed by atoms with Gasteiger partial charge < -0.3 is 20.7 Å². The van der Waals surface area contributed by atoms with Crippen LogP contribution in [0.4, 0.5) is 0 Å². The van der Waals surface area contributed by atoms with Gasteiger partial charge in [-0.25, -0.2) is 0 Å². The normalized spacial score (nSPS) is 12.9. The van der Waals surface area contributed by atoms with Gasteiger partial charge >= 0.3 is 7.12 Å². The molecule has 8 heteroatoms. The average molecular weight is 397 g/mol. The third-order valence-corrected chi connectivity index (χ3v) is 4.49. The van der Waals surface area contributed by atoms with Gasteiger partial charge in [0, 0.05) is 12.4 Å². The van der Waals surface area contributed by atoms with Crippen LogP contribution in [0.15, 0.2) is 48.8 Å². The molecule has 0 spiro atoms. The van der Waals surface area contributed by atoms with Crippen molar-refractivity contribution < 1.29 is 19.6 Å². The molecular formula is C21H28BN3O4. The fourth-order valence-electron chi connectivity index (χ4n) is 3.09. The summed E-state index contributed by atoms with van der Waals surface area (Å²) in [6.45, 7) is 5.81. The number of benzene rings is 1. The number of pyridine rings is 1. The molecule has 0 aliphatic rings. The third-order valence-electron chi connectivity index (χ3n) is 4.49. The summed E-state index contributed by atoms with van der Waals surface area (Å²) in [6, 6.07) is 10.3. The van der Waals surface area contributed by atoms with Crippen molar-refractivity contribution in [3.05, 3.63) is 65.5 Å². The van der Waals surface area contributed by atoms with E-state index in [2.05, 4.69) is 15.6 Å². The molecular weight excluding hydrogens is 369 g/mol. The highest BCUT2D eigenvalue weighted by molar-refractivity contribution is 6.43. The van der Waals surface area contributed by atoms with Gasteiger partial charge in [-0.2, -0.15) is 0 Å². The van der Waals surface area contributed by atoms with Crippen LogP contribution in [0.5, 0.6) is 0 Å².